The summed E-state index contributed by atoms with van der Waals surface area (Å²) in [6.45, 7) is 0. The van der Waals surface area contributed by atoms with Crippen molar-refractivity contribution in [3.63, 3.8) is 0 Å². The van der Waals surface area contributed by atoms with Crippen molar-refractivity contribution in [2.24, 2.45) is 0 Å². The van der Waals surface area contributed by atoms with Crippen LogP contribution in [0, 0.1) is 10.1 Å². The molecule has 1 unspecified atom stereocenters. The fraction of sp³-hybridized carbons (Fsp3) is 0. The Morgan fingerprint density at radius 3 is 1.78 bits per heavy atom. The van der Waals surface area contributed by atoms with E-state index in [1.165, 1.54) is 24.3 Å². The molecule has 0 aliphatic carbocycles. The Kier molecular flexibility index (Phi) is 6.86. The number of sulfone groups is 1. The van der Waals surface area contributed by atoms with Gasteiger partial charge in [0.15, 0.2) is 0 Å². The Morgan fingerprint density at radius 2 is 1.39 bits per heavy atom. The van der Waals surface area contributed by atoms with E-state index in [4.69, 9.17) is 0 Å². The van der Waals surface area contributed by atoms with Crippen LogP contribution in [0.15, 0.2) is 58.3 Å². The van der Waals surface area contributed by atoms with E-state index >= 15 is 0 Å². The Bertz CT molecular complexity index is 822. The van der Waals surface area contributed by atoms with Crippen LogP contribution < -0.4 is 4.72 Å². The van der Waals surface area contributed by atoms with E-state index in [-0.39, 0.29) is 50.7 Å². The van der Waals surface area contributed by atoms with Gasteiger partial charge in [0, 0.05) is 58.6 Å². The van der Waals surface area contributed by atoms with E-state index in [2.05, 4.69) is 4.72 Å². The summed E-state index contributed by atoms with van der Waals surface area (Å²) in [5.41, 5.74) is 0.00686. The zero-order valence-corrected chi connectivity index (χ0v) is 15.5. The third-order valence-corrected chi connectivity index (χ3v) is 4.91. The normalized spacial score (nSPS) is 12.0. The second-order valence-electron chi connectivity index (χ2n) is 4.12. The number of hydrogen-bond acceptors (Lipinski definition) is 6. The van der Waals surface area contributed by atoms with Gasteiger partial charge in [0.25, 0.3) is 5.69 Å². The summed E-state index contributed by atoms with van der Waals surface area (Å²) in [6, 6.07) is 9.57. The average molecular weight is 364 g/mol. The van der Waals surface area contributed by atoms with Crippen molar-refractivity contribution < 1.29 is 22.1 Å². The third-order valence-electron chi connectivity index (χ3n) is 2.72. The smallest absolute Gasteiger partial charge is 0.269 e. The van der Waals surface area contributed by atoms with Crippen LogP contribution in [0.5, 0.6) is 0 Å². The van der Waals surface area contributed by atoms with Gasteiger partial charge in [-0.3, -0.25) is 14.3 Å². The first-order valence-corrected chi connectivity index (χ1v) is 8.32. The van der Waals surface area contributed by atoms with Gasteiger partial charge in [-0.05, 0) is 36.4 Å². The van der Waals surface area contributed by atoms with Gasteiger partial charge in [0.05, 0.1) is 14.7 Å². The molecule has 2 aromatic rings. The Balaban J connectivity index is 0.00000264. The van der Waals surface area contributed by atoms with Crippen molar-refractivity contribution in [1.29, 1.82) is 0 Å². The number of anilines is 1. The van der Waals surface area contributed by atoms with Crippen LogP contribution in [0.1, 0.15) is 0 Å². The molecule has 0 amide bonds. The summed E-state index contributed by atoms with van der Waals surface area (Å²) < 4.78 is 47.7. The van der Waals surface area contributed by atoms with Crippen LogP contribution in [0.2, 0.25) is 0 Å². The molecule has 0 saturated carbocycles. The maximum Gasteiger partial charge on any atom is 0.269 e. The number of hydrogen-bond donors (Lipinski definition) is 1. The van der Waals surface area contributed by atoms with Crippen LogP contribution in [0.25, 0.3) is 0 Å². The second kappa shape index (κ2) is 7.99. The van der Waals surface area contributed by atoms with E-state index in [0.717, 1.165) is 24.3 Å². The molecule has 0 bridgehead atoms. The minimum Gasteiger partial charge on any atom is -0.755 e. The van der Waals surface area contributed by atoms with Crippen LogP contribution in [-0.2, 0) is 21.1 Å². The molecule has 2 aromatic carbocycles. The minimum absolute atomic E-state index is 0. The standard InChI is InChI=1S/C12H10N2O6S2.Na/c15-14(16)10-3-7-12(8-4-10)22(19,20)11-5-1-9(2-6-11)13-21(17)18;/h1-8,13H,(H,17,18);/p-1. The number of nitrogens with one attached hydrogen (secondary N) is 1. The Hall–Kier alpha value is -1.30. The monoisotopic (exact) mass is 364 g/mol. The van der Waals surface area contributed by atoms with E-state index < -0.39 is 26.0 Å². The molecule has 0 aliphatic heterocycles. The number of nitro benzene ring substituents is 1. The second-order valence-corrected chi connectivity index (χ2v) is 6.74. The van der Waals surface area contributed by atoms with Crippen LogP contribution >= 0.6 is 0 Å². The first-order valence-electron chi connectivity index (χ1n) is 5.76. The van der Waals surface area contributed by atoms with Gasteiger partial charge in [-0.25, -0.2) is 8.42 Å². The third kappa shape index (κ3) is 4.83. The molecule has 0 aromatic heterocycles. The summed E-state index contributed by atoms with van der Waals surface area (Å²) in [5, 5.41) is 10.6. The predicted octanol–water partition coefficient (Wildman–Crippen LogP) is 1.25. The number of nitrogens with zero attached hydrogens (tertiary/aromatic N) is 1. The molecule has 23 heavy (non-hydrogen) atoms. The Morgan fingerprint density at radius 1 is 0.957 bits per heavy atom. The molecular weight excluding hydrogens is 355 g/mol. The molecule has 0 heterocycles. The summed E-state index contributed by atoms with van der Waals surface area (Å²) in [4.78, 5) is 9.79. The number of rotatable bonds is 5. The van der Waals surface area contributed by atoms with E-state index in [9.17, 15) is 27.3 Å². The summed E-state index contributed by atoms with van der Waals surface area (Å²) in [5.74, 6) is 0. The molecule has 0 spiro atoms. The number of non-ortho nitro benzene ring substituents is 1. The fourth-order valence-corrected chi connectivity index (χ4v) is 3.27. The van der Waals surface area contributed by atoms with Gasteiger partial charge in [-0.2, -0.15) is 0 Å². The van der Waals surface area contributed by atoms with E-state index in [0.29, 0.717) is 0 Å². The zero-order chi connectivity index (χ0) is 16.3. The first-order chi connectivity index (χ1) is 10.3. The predicted molar refractivity (Wildman–Crippen MR) is 83.3 cm³/mol. The maximum atomic E-state index is 12.3. The van der Waals surface area contributed by atoms with Crippen molar-refractivity contribution >= 4 is 62.0 Å². The first kappa shape index (κ1) is 19.7. The summed E-state index contributed by atoms with van der Waals surface area (Å²) >= 11 is -2.50. The quantitative estimate of drug-likeness (QED) is 0.368. The fourth-order valence-electron chi connectivity index (χ4n) is 1.68. The molecule has 0 fully saturated rings. The van der Waals surface area contributed by atoms with Gasteiger partial charge < -0.3 is 9.27 Å². The molecule has 11 heteroatoms. The van der Waals surface area contributed by atoms with Crippen LogP contribution in [-0.4, -0.2) is 51.7 Å². The number of nitro groups is 1. The Labute approximate surface area is 156 Å². The molecule has 2 rings (SSSR count). The van der Waals surface area contributed by atoms with Gasteiger partial charge in [0.2, 0.25) is 9.84 Å². The van der Waals surface area contributed by atoms with Crippen molar-refractivity contribution in [2.75, 3.05) is 4.72 Å². The minimum atomic E-state index is -3.83. The molecule has 0 saturated heterocycles. The molecule has 117 valence electrons. The molecule has 0 aliphatic rings. The van der Waals surface area contributed by atoms with E-state index in [1.54, 1.807) is 0 Å². The zero-order valence-electron chi connectivity index (χ0n) is 11.8. The van der Waals surface area contributed by atoms with Gasteiger partial charge in [-0.1, -0.05) is 0 Å². The molecular formula is C12H9N2NaO6S2-. The topological polar surface area (TPSA) is 129 Å². The van der Waals surface area contributed by atoms with Crippen LogP contribution in [0.3, 0.4) is 0 Å². The van der Waals surface area contributed by atoms with Crippen molar-refractivity contribution in [1.82, 2.24) is 0 Å². The SMILES string of the molecule is O=[N+]([O-])c1ccc(S(=O)(=O)c2ccc(NS(=O)[O-])cc2)cc1.[Na]. The summed E-state index contributed by atoms with van der Waals surface area (Å²) in [7, 11) is -3.83. The van der Waals surface area contributed by atoms with Crippen molar-refractivity contribution in [3.8, 4) is 0 Å². The largest absolute Gasteiger partial charge is 0.755 e. The van der Waals surface area contributed by atoms with Crippen molar-refractivity contribution in [3.05, 3.63) is 58.6 Å². The summed E-state index contributed by atoms with van der Waals surface area (Å²) in [6.07, 6.45) is 0. The van der Waals surface area contributed by atoms with Gasteiger partial charge in [-0.15, -0.1) is 0 Å². The molecule has 8 nitrogen and oxygen atoms in total. The molecule has 1 atom stereocenters. The maximum absolute atomic E-state index is 12.3. The van der Waals surface area contributed by atoms with Crippen LogP contribution in [0.4, 0.5) is 11.4 Å². The van der Waals surface area contributed by atoms with Crippen molar-refractivity contribution in [2.45, 2.75) is 9.79 Å². The van der Waals surface area contributed by atoms with E-state index in [1.807, 2.05) is 0 Å². The van der Waals surface area contributed by atoms with Gasteiger partial charge in [0.1, 0.15) is 0 Å². The molecule has 1 radical (unpaired) electrons. The van der Waals surface area contributed by atoms with Gasteiger partial charge >= 0.3 is 0 Å². The molecule has 1 N–H and O–H groups in total. The average Bonchev–Trinajstić information content (AvgIpc) is 2.47. The number of benzene rings is 2.